The fourth-order valence-corrected chi connectivity index (χ4v) is 15.2. The third kappa shape index (κ3) is 39.1. The van der Waals surface area contributed by atoms with Crippen LogP contribution in [0.5, 0.6) is 0 Å². The molecular formula is C83H139N3O28. The van der Waals surface area contributed by atoms with Crippen LogP contribution in [0, 0.1) is 23.2 Å². The van der Waals surface area contributed by atoms with Crippen molar-refractivity contribution in [2.75, 3.05) is 85.7 Å². The molecule has 0 aliphatic carbocycles. The maximum absolute atomic E-state index is 14.1. The second-order valence-corrected chi connectivity index (χ2v) is 32.4. The monoisotopic (exact) mass is 1630 g/mol. The zero-order valence-corrected chi connectivity index (χ0v) is 68.1. The number of nitrogens with one attached hydrogen (secondary N) is 2. The van der Waals surface area contributed by atoms with Crippen molar-refractivity contribution >= 4 is 69.8 Å². The Bertz CT molecular complexity index is 2660. The van der Waals surface area contributed by atoms with Gasteiger partial charge in [-0.05, 0) is 64.2 Å². The number of ketones is 9. The number of carbonyl (C=O) groups is 12. The lowest BCUT2D eigenvalue weighted by molar-refractivity contribution is -0.206. The van der Waals surface area contributed by atoms with Gasteiger partial charge in [0.25, 0.3) is 0 Å². The predicted molar refractivity (Wildman–Crippen MR) is 415 cm³/mol. The lowest BCUT2D eigenvalue weighted by Crippen LogP contribution is -2.55. The number of amides is 3. The molecule has 0 saturated carbocycles. The molecular weight excluding hydrogens is 1490 g/mol. The van der Waals surface area contributed by atoms with E-state index in [1.807, 2.05) is 0 Å². The summed E-state index contributed by atoms with van der Waals surface area (Å²) >= 11 is 0. The first kappa shape index (κ1) is 101. The number of rotatable bonds is 66. The Morgan fingerprint density at radius 1 is 0.360 bits per heavy atom. The summed E-state index contributed by atoms with van der Waals surface area (Å²) in [6.07, 6.45) is 1.37. The van der Waals surface area contributed by atoms with Gasteiger partial charge in [0, 0.05) is 165 Å². The van der Waals surface area contributed by atoms with Crippen molar-refractivity contribution in [3.63, 3.8) is 0 Å². The molecule has 114 heavy (non-hydrogen) atoms. The molecule has 15 unspecified atom stereocenters. The summed E-state index contributed by atoms with van der Waals surface area (Å²) in [5.41, 5.74) is -1.13. The van der Waals surface area contributed by atoms with Crippen molar-refractivity contribution in [3.05, 3.63) is 0 Å². The molecule has 0 aromatic rings. The number of unbranched alkanes of at least 4 members (excludes halogenated alkanes) is 11. The van der Waals surface area contributed by atoms with Gasteiger partial charge in [-0.3, -0.25) is 57.5 Å². The molecule has 0 bridgehead atoms. The normalized spacial score (nSPS) is 25.6. The average Bonchev–Trinajstić information content (AvgIpc) is 1.07. The molecule has 16 atom stereocenters. The molecule has 0 spiro atoms. The maximum atomic E-state index is 14.1. The van der Waals surface area contributed by atoms with Gasteiger partial charge in [0.2, 0.25) is 17.7 Å². The van der Waals surface area contributed by atoms with Crippen molar-refractivity contribution in [1.82, 2.24) is 15.5 Å². The third-order valence-corrected chi connectivity index (χ3v) is 22.6. The first-order chi connectivity index (χ1) is 54.5. The number of likely N-dealkylation sites (tertiary alicyclic amines) is 1. The van der Waals surface area contributed by atoms with Gasteiger partial charge < -0.3 is 95.0 Å². The number of aliphatic hydroxyl groups is 10. The summed E-state index contributed by atoms with van der Waals surface area (Å²) in [5, 5.41) is 105. The van der Waals surface area contributed by atoms with E-state index in [1.165, 1.54) is 4.90 Å². The molecule has 4 aliphatic rings. The first-order valence-corrected chi connectivity index (χ1v) is 42.3. The molecule has 12 N–H and O–H groups in total. The quantitative estimate of drug-likeness (QED) is 0.0386. The van der Waals surface area contributed by atoms with Crippen molar-refractivity contribution in [3.8, 4) is 0 Å². The summed E-state index contributed by atoms with van der Waals surface area (Å²) in [5.74, 6) is -3.18. The minimum atomic E-state index is -1.28. The van der Waals surface area contributed by atoms with Crippen LogP contribution in [0.25, 0.3) is 0 Å². The Labute approximate surface area is 672 Å². The lowest BCUT2D eigenvalue weighted by atomic mass is 9.83. The molecule has 4 heterocycles. The third-order valence-electron chi connectivity index (χ3n) is 22.6. The summed E-state index contributed by atoms with van der Waals surface area (Å²) in [4.78, 5) is 156. The largest absolute Gasteiger partial charge is 0.394 e. The predicted octanol–water partition coefficient (Wildman–Crippen LogP) is 3.76. The van der Waals surface area contributed by atoms with Gasteiger partial charge in [0.05, 0.1) is 115 Å². The second kappa shape index (κ2) is 57.1. The number of hydrogen-bond acceptors (Lipinski definition) is 28. The van der Waals surface area contributed by atoms with Gasteiger partial charge in [-0.1, -0.05) is 72.1 Å². The fourth-order valence-electron chi connectivity index (χ4n) is 15.2. The minimum absolute atomic E-state index is 0.00115. The molecule has 654 valence electrons. The van der Waals surface area contributed by atoms with Crippen LogP contribution < -0.4 is 10.6 Å². The Kier molecular flexibility index (Phi) is 50.6. The number of ether oxygens (including phenoxy) is 6. The van der Waals surface area contributed by atoms with E-state index in [4.69, 9.17) is 28.4 Å². The number of hydrogen-bond donors (Lipinski definition) is 12. The van der Waals surface area contributed by atoms with E-state index in [2.05, 4.69) is 10.6 Å². The highest BCUT2D eigenvalue weighted by atomic mass is 16.5. The van der Waals surface area contributed by atoms with Gasteiger partial charge in [0.1, 0.15) is 82.9 Å². The number of aliphatic hydroxyl groups excluding tert-OH is 10. The van der Waals surface area contributed by atoms with E-state index in [9.17, 15) is 109 Å². The highest BCUT2D eigenvalue weighted by Crippen LogP contribution is 2.33. The molecule has 0 aromatic carbocycles. The number of Topliss-reactive ketones (excluding diaryl/α,β-unsaturated/α-hetero) is 9. The van der Waals surface area contributed by atoms with Crippen molar-refractivity contribution in [1.29, 1.82) is 0 Å². The van der Waals surface area contributed by atoms with Crippen LogP contribution in [0.2, 0.25) is 0 Å². The molecule has 31 nitrogen and oxygen atoms in total. The Hall–Kier alpha value is -5.20. The summed E-state index contributed by atoms with van der Waals surface area (Å²) in [6.45, 7) is 3.38. The number of nitrogens with zero attached hydrogens (tertiary/aromatic N) is 1. The van der Waals surface area contributed by atoms with Crippen LogP contribution in [0.3, 0.4) is 0 Å². The molecule has 3 amide bonds. The van der Waals surface area contributed by atoms with E-state index in [0.29, 0.717) is 77.0 Å². The van der Waals surface area contributed by atoms with Gasteiger partial charge in [0.15, 0.2) is 5.78 Å². The molecule has 0 aromatic heterocycles. The molecule has 4 fully saturated rings. The van der Waals surface area contributed by atoms with E-state index >= 15 is 0 Å². The highest BCUT2D eigenvalue weighted by Gasteiger charge is 2.45. The van der Waals surface area contributed by atoms with Gasteiger partial charge >= 0.3 is 0 Å². The van der Waals surface area contributed by atoms with E-state index in [1.54, 1.807) is 20.8 Å². The summed E-state index contributed by atoms with van der Waals surface area (Å²) in [7, 11) is 0. The van der Waals surface area contributed by atoms with Crippen LogP contribution in [-0.4, -0.2) is 291 Å². The number of carbonyl (C=O) groups excluding carboxylic acids is 12. The topological polar surface area (TPSA) is 490 Å². The second-order valence-electron chi connectivity index (χ2n) is 32.4. The van der Waals surface area contributed by atoms with Crippen LogP contribution in [0.15, 0.2) is 0 Å². The fraction of sp³-hybridized carbons (Fsp3) is 0.855. The average molecular weight is 1630 g/mol. The highest BCUT2D eigenvalue weighted by molar-refractivity contribution is 5.90. The van der Waals surface area contributed by atoms with Crippen LogP contribution in [-0.2, 0) is 86.0 Å². The van der Waals surface area contributed by atoms with Crippen molar-refractivity contribution in [2.24, 2.45) is 23.2 Å². The van der Waals surface area contributed by atoms with E-state index in [-0.39, 0.29) is 264 Å². The zero-order valence-electron chi connectivity index (χ0n) is 68.1. The standard InChI is InChI=1S/C83H139N3O28/c1-55-68(112-71(49-88)80(106)77(55)103)43-63(95)29-18-27-59(91)22-13-10-15-24-61(93)34-39-109-52-83(46-66(98)26-12-8-6-4-5-7-9-17-33-76(102)86-47-67(99)42-58(86)48-87,53-110-40-35-62(94)25-16-11-14-23-60(92)28-19-30-64(96)44-69-56(2)78(104)81(107)72(50-89)113-69)54-111-41-36-75(101)85-38-21-37-84-74(100)32-20-31-65(97)45-70-57(3)79(105)82(108)73(51-90)114-70/h55-58,68-73,77-82,87-90,103-108H,4-54H2,1-3H3,(H,84,100)(H,85,101)/t55?,56?,57?,58-,68?,69?,70?,71?,72?,73?,77?,78?,79?,80?,81?,82?,83?/m0/s1. The Morgan fingerprint density at radius 2 is 0.667 bits per heavy atom. The molecule has 31 heteroatoms. The molecule has 4 saturated heterocycles. The maximum Gasteiger partial charge on any atom is 0.223 e. The van der Waals surface area contributed by atoms with E-state index in [0.717, 1.165) is 38.5 Å². The van der Waals surface area contributed by atoms with Crippen LogP contribution in [0.4, 0.5) is 0 Å². The smallest absolute Gasteiger partial charge is 0.223 e. The Morgan fingerprint density at radius 3 is 1.04 bits per heavy atom. The first-order valence-electron chi connectivity index (χ1n) is 42.3. The summed E-state index contributed by atoms with van der Waals surface area (Å²) in [6, 6.07) is -0.450. The van der Waals surface area contributed by atoms with Gasteiger partial charge in [-0.25, -0.2) is 0 Å². The van der Waals surface area contributed by atoms with Crippen molar-refractivity contribution in [2.45, 2.75) is 344 Å². The lowest BCUT2D eigenvalue weighted by Gasteiger charge is -2.41. The Balaban J connectivity index is 1.29. The molecule has 0 radical (unpaired) electrons. The minimum Gasteiger partial charge on any atom is -0.394 e. The van der Waals surface area contributed by atoms with Crippen molar-refractivity contribution < 1.29 is 137 Å². The summed E-state index contributed by atoms with van der Waals surface area (Å²) < 4.78 is 35.7. The van der Waals surface area contributed by atoms with Crippen LogP contribution in [0.1, 0.15) is 265 Å². The van der Waals surface area contributed by atoms with Crippen LogP contribution >= 0.6 is 0 Å². The van der Waals surface area contributed by atoms with Gasteiger partial charge in [-0.15, -0.1) is 0 Å². The zero-order chi connectivity index (χ0) is 84.0. The van der Waals surface area contributed by atoms with E-state index < -0.39 is 122 Å². The van der Waals surface area contributed by atoms with Gasteiger partial charge in [-0.2, -0.15) is 0 Å². The SMILES string of the molecule is CC1C(CC(=O)CCCC(=O)CCCCCC(=O)CCOCC(COCCC(=O)CCCCCC(=O)CCCC(=O)CC2OC(CO)C(O)C(O)C2C)(COCCC(=O)NCCCNC(=O)CCCC(=O)CC2OC(CO)C(O)C(O)C2C)CC(=O)CCCCCCCCCCC(=O)N2CC(=O)C[C@H]2CO)OC(CO)C(O)C1O. The molecule has 4 aliphatic heterocycles. The molecule has 4 rings (SSSR count).